The van der Waals surface area contributed by atoms with E-state index in [0.717, 1.165) is 50.4 Å². The predicted molar refractivity (Wildman–Crippen MR) is 106 cm³/mol. The van der Waals surface area contributed by atoms with Crippen LogP contribution in [-0.4, -0.2) is 41.2 Å². The number of carbonyl (C=O) groups excluding carboxylic acids is 2. The number of nitrogens with two attached hydrogens (primary N) is 1. The Labute approximate surface area is 166 Å². The third kappa shape index (κ3) is 2.90. The minimum Gasteiger partial charge on any atom is -0.369 e. The maximum absolute atomic E-state index is 13.0. The molecule has 6 rings (SSSR count). The highest BCUT2D eigenvalue weighted by Gasteiger charge is 2.58. The normalized spacial score (nSPS) is 35.8. The Morgan fingerprint density at radius 2 is 1.96 bits per heavy atom. The average Bonchev–Trinajstić information content (AvgIpc) is 3.35. The van der Waals surface area contributed by atoms with Crippen LogP contribution in [0.4, 0.5) is 5.82 Å². The first-order valence-electron chi connectivity index (χ1n) is 10.7. The van der Waals surface area contributed by atoms with Gasteiger partial charge in [-0.3, -0.25) is 14.3 Å². The molecule has 2 atom stereocenters. The molecular formula is C21H31N5O2. The van der Waals surface area contributed by atoms with Crippen molar-refractivity contribution in [3.05, 3.63) is 11.8 Å². The second kappa shape index (κ2) is 6.22. The van der Waals surface area contributed by atoms with Gasteiger partial charge in [0.05, 0.1) is 0 Å². The first-order chi connectivity index (χ1) is 13.3. The van der Waals surface area contributed by atoms with E-state index in [0.29, 0.717) is 23.4 Å². The SMILES string of the molecule is CN(CC1CC1)c1cc(C(=O)NC2C3CC4CC2CC(C(N)=O)(C4)C3)nn1C. The fourth-order valence-electron chi connectivity index (χ4n) is 6.49. The lowest BCUT2D eigenvalue weighted by atomic mass is 9.47. The monoisotopic (exact) mass is 385 g/mol. The summed E-state index contributed by atoms with van der Waals surface area (Å²) in [5.41, 5.74) is 5.94. The van der Waals surface area contributed by atoms with Gasteiger partial charge in [-0.1, -0.05) is 0 Å². The summed E-state index contributed by atoms with van der Waals surface area (Å²) in [6.07, 6.45) is 7.42. The molecule has 2 unspecified atom stereocenters. The van der Waals surface area contributed by atoms with E-state index in [1.54, 1.807) is 4.68 Å². The minimum absolute atomic E-state index is 0.0905. The molecule has 7 nitrogen and oxygen atoms in total. The molecule has 1 aromatic rings. The summed E-state index contributed by atoms with van der Waals surface area (Å²) < 4.78 is 1.80. The zero-order valence-corrected chi connectivity index (χ0v) is 16.9. The molecule has 1 aromatic heterocycles. The Balaban J connectivity index is 1.29. The lowest BCUT2D eigenvalue weighted by Crippen LogP contribution is -2.62. The summed E-state index contributed by atoms with van der Waals surface area (Å²) in [6.45, 7) is 1.02. The second-order valence-electron chi connectivity index (χ2n) is 9.95. The number of hydrogen-bond donors (Lipinski definition) is 2. The topological polar surface area (TPSA) is 93.2 Å². The molecule has 5 saturated carbocycles. The van der Waals surface area contributed by atoms with Crippen LogP contribution in [0.2, 0.25) is 0 Å². The third-order valence-electron chi connectivity index (χ3n) is 7.80. The first kappa shape index (κ1) is 18.0. The van der Waals surface area contributed by atoms with Crippen LogP contribution < -0.4 is 16.0 Å². The van der Waals surface area contributed by atoms with Crippen LogP contribution in [-0.2, 0) is 11.8 Å². The van der Waals surface area contributed by atoms with Crippen molar-refractivity contribution in [1.29, 1.82) is 0 Å². The number of carbonyl (C=O) groups is 2. The number of aromatic nitrogens is 2. The highest BCUT2D eigenvalue weighted by atomic mass is 16.2. The Bertz CT molecular complexity index is 798. The third-order valence-corrected chi connectivity index (χ3v) is 7.80. The van der Waals surface area contributed by atoms with E-state index in [2.05, 4.69) is 22.4 Å². The summed E-state index contributed by atoms with van der Waals surface area (Å²) >= 11 is 0. The number of rotatable bonds is 6. The number of nitrogens with zero attached hydrogens (tertiary/aromatic N) is 3. The quantitative estimate of drug-likeness (QED) is 0.779. The molecule has 5 fully saturated rings. The Morgan fingerprint density at radius 1 is 1.29 bits per heavy atom. The molecule has 7 heteroatoms. The highest BCUT2D eigenvalue weighted by molar-refractivity contribution is 5.93. The molecule has 0 radical (unpaired) electrons. The Morgan fingerprint density at radius 3 is 2.57 bits per heavy atom. The smallest absolute Gasteiger partial charge is 0.272 e. The van der Waals surface area contributed by atoms with Crippen molar-refractivity contribution in [2.45, 2.75) is 51.0 Å². The van der Waals surface area contributed by atoms with Crippen LogP contribution in [0.5, 0.6) is 0 Å². The van der Waals surface area contributed by atoms with Crippen molar-refractivity contribution in [2.75, 3.05) is 18.5 Å². The van der Waals surface area contributed by atoms with Gasteiger partial charge < -0.3 is 16.0 Å². The number of amides is 2. The van der Waals surface area contributed by atoms with Gasteiger partial charge in [0.1, 0.15) is 5.82 Å². The molecule has 0 spiro atoms. The van der Waals surface area contributed by atoms with E-state index >= 15 is 0 Å². The van der Waals surface area contributed by atoms with E-state index in [4.69, 9.17) is 5.73 Å². The molecule has 0 aliphatic heterocycles. The Kier molecular flexibility index (Phi) is 4.00. The fourth-order valence-corrected chi connectivity index (χ4v) is 6.49. The molecule has 0 aromatic carbocycles. The van der Waals surface area contributed by atoms with Crippen molar-refractivity contribution >= 4 is 17.6 Å². The van der Waals surface area contributed by atoms with Gasteiger partial charge in [0, 0.05) is 38.2 Å². The lowest BCUT2D eigenvalue weighted by molar-refractivity contribution is -0.145. The van der Waals surface area contributed by atoms with Gasteiger partial charge in [-0.05, 0) is 68.6 Å². The van der Waals surface area contributed by atoms with E-state index < -0.39 is 0 Å². The van der Waals surface area contributed by atoms with Crippen molar-refractivity contribution in [3.8, 4) is 0 Å². The number of hydrogen-bond acceptors (Lipinski definition) is 4. The summed E-state index contributed by atoms with van der Waals surface area (Å²) in [6, 6.07) is 2.05. The molecule has 152 valence electrons. The van der Waals surface area contributed by atoms with Crippen molar-refractivity contribution in [2.24, 2.45) is 41.9 Å². The van der Waals surface area contributed by atoms with Gasteiger partial charge in [-0.25, -0.2) is 0 Å². The van der Waals surface area contributed by atoms with Crippen LogP contribution >= 0.6 is 0 Å². The van der Waals surface area contributed by atoms with Crippen molar-refractivity contribution < 1.29 is 9.59 Å². The van der Waals surface area contributed by atoms with Crippen LogP contribution in [0, 0.1) is 29.1 Å². The van der Waals surface area contributed by atoms with Crippen LogP contribution in [0.3, 0.4) is 0 Å². The molecule has 1 heterocycles. The maximum atomic E-state index is 13.0. The van der Waals surface area contributed by atoms with Gasteiger partial charge in [-0.2, -0.15) is 5.10 Å². The fraction of sp³-hybridized carbons (Fsp3) is 0.762. The molecule has 4 bridgehead atoms. The van der Waals surface area contributed by atoms with Crippen molar-refractivity contribution in [1.82, 2.24) is 15.1 Å². The second-order valence-corrected chi connectivity index (χ2v) is 9.95. The molecule has 2 amide bonds. The summed E-state index contributed by atoms with van der Waals surface area (Å²) in [5, 5.41) is 7.75. The number of aryl methyl sites for hydroxylation is 1. The zero-order valence-electron chi connectivity index (χ0n) is 16.9. The average molecular weight is 386 g/mol. The van der Waals surface area contributed by atoms with Gasteiger partial charge in [0.2, 0.25) is 5.91 Å². The van der Waals surface area contributed by atoms with E-state index in [1.807, 2.05) is 13.1 Å². The van der Waals surface area contributed by atoms with Crippen LogP contribution in [0.25, 0.3) is 0 Å². The molecule has 5 aliphatic carbocycles. The summed E-state index contributed by atoms with van der Waals surface area (Å²) in [4.78, 5) is 27.3. The number of primary amides is 1. The maximum Gasteiger partial charge on any atom is 0.272 e. The lowest BCUT2D eigenvalue weighted by Gasteiger charge is -2.58. The number of anilines is 1. The minimum atomic E-state index is -0.318. The zero-order chi connectivity index (χ0) is 19.6. The number of nitrogens with one attached hydrogen (secondary N) is 1. The molecule has 3 N–H and O–H groups in total. The van der Waals surface area contributed by atoms with E-state index in [-0.39, 0.29) is 23.3 Å². The standard InChI is InChI=1S/C21H31N5O2/c1-25(11-12-3-4-12)17-7-16(24-26(17)2)19(27)23-18-14-5-13-6-15(18)10-21(8-13,9-14)20(22)28/h7,12-15,18H,3-6,8-11H2,1-2H3,(H2,22,28)(H,23,27). The molecule has 5 aliphatic rings. The molecule has 0 saturated heterocycles. The van der Waals surface area contributed by atoms with Gasteiger partial charge >= 0.3 is 0 Å². The molecular weight excluding hydrogens is 354 g/mol. The summed E-state index contributed by atoms with van der Waals surface area (Å²) in [5.74, 6) is 2.86. The van der Waals surface area contributed by atoms with Gasteiger partial charge in [-0.15, -0.1) is 0 Å². The van der Waals surface area contributed by atoms with Gasteiger partial charge in [0.15, 0.2) is 5.69 Å². The van der Waals surface area contributed by atoms with Gasteiger partial charge in [0.25, 0.3) is 5.91 Å². The summed E-state index contributed by atoms with van der Waals surface area (Å²) in [7, 11) is 3.97. The Hall–Kier alpha value is -2.05. The molecule has 28 heavy (non-hydrogen) atoms. The predicted octanol–water partition coefficient (Wildman–Crippen LogP) is 1.68. The highest BCUT2D eigenvalue weighted by Crippen LogP contribution is 2.59. The van der Waals surface area contributed by atoms with Crippen LogP contribution in [0.15, 0.2) is 6.07 Å². The largest absolute Gasteiger partial charge is 0.369 e. The van der Waals surface area contributed by atoms with E-state index in [1.165, 1.54) is 12.8 Å². The van der Waals surface area contributed by atoms with Crippen molar-refractivity contribution in [3.63, 3.8) is 0 Å². The first-order valence-corrected chi connectivity index (χ1v) is 10.7. The van der Waals surface area contributed by atoms with E-state index in [9.17, 15) is 9.59 Å². The van der Waals surface area contributed by atoms with Crippen LogP contribution in [0.1, 0.15) is 55.4 Å².